The molecule has 15 atom stereocenters. The number of hydrogen-bond acceptors (Lipinski definition) is 15. The van der Waals surface area contributed by atoms with E-state index in [9.17, 15) is 30.6 Å². The summed E-state index contributed by atoms with van der Waals surface area (Å²) in [7, 11) is 0. The van der Waals surface area contributed by atoms with E-state index in [0.717, 1.165) is 25.7 Å². The first kappa shape index (κ1) is 34.9. The van der Waals surface area contributed by atoms with Crippen molar-refractivity contribution in [2.45, 2.75) is 144 Å². The van der Waals surface area contributed by atoms with Gasteiger partial charge in [0, 0.05) is 25.2 Å². The molecular weight excluding hydrogens is 544 g/mol. The summed E-state index contributed by atoms with van der Waals surface area (Å²) < 4.78 is 28.9. The van der Waals surface area contributed by atoms with Gasteiger partial charge in [0.25, 0.3) is 0 Å². The van der Waals surface area contributed by atoms with E-state index >= 15 is 0 Å². The zero-order valence-electron chi connectivity index (χ0n) is 23.8. The summed E-state index contributed by atoms with van der Waals surface area (Å²) in [6.07, 6.45) is -8.84. The summed E-state index contributed by atoms with van der Waals surface area (Å²) in [4.78, 5) is 0. The Labute approximate surface area is 241 Å². The average molecular weight is 597 g/mol. The molecule has 0 aromatic heterocycles. The lowest BCUT2D eigenvalue weighted by Gasteiger charge is -2.48. The molecule has 0 spiro atoms. The van der Waals surface area contributed by atoms with Crippen LogP contribution in [-0.4, -0.2) is 142 Å². The fraction of sp³-hybridized carbons (Fsp3) is 1.00. The molecule has 2 heterocycles. The Balaban J connectivity index is 1.61. The van der Waals surface area contributed by atoms with E-state index in [1.54, 1.807) is 0 Å². The fourth-order valence-electron chi connectivity index (χ4n) is 5.71. The zero-order chi connectivity index (χ0) is 30.3. The molecule has 14 N–H and O–H groups in total. The van der Waals surface area contributed by atoms with Crippen LogP contribution < -0.4 is 22.9 Å². The first-order valence-corrected chi connectivity index (χ1v) is 14.8. The average Bonchev–Trinajstić information content (AvgIpc) is 2.95. The van der Waals surface area contributed by atoms with E-state index in [2.05, 4.69) is 6.92 Å². The number of rotatable bonds is 14. The van der Waals surface area contributed by atoms with Crippen molar-refractivity contribution in [3.05, 3.63) is 0 Å². The fourth-order valence-corrected chi connectivity index (χ4v) is 5.71. The second-order valence-corrected chi connectivity index (χ2v) is 11.4. The standard InChI is InChI=1S/C26H52N4O11/c1-2-3-4-5-6-7-8-37-24-15(11-31)39-25(18(33)16(24)30)40-22-12(28)9-13(29)23(21(22)36)41-26-20(35)19(34)17(32)14(10-27)38-26/h12-26,31-36H,2-11,27-30H2,1H3/t12-,13?,14?,15-,16?,17-,18-,19+,20?,21-,22?,23?,24-,25?,26-/m1/s1. The van der Waals surface area contributed by atoms with Gasteiger partial charge in [0.2, 0.25) is 0 Å². The lowest BCUT2D eigenvalue weighted by molar-refractivity contribution is -0.333. The van der Waals surface area contributed by atoms with Crippen molar-refractivity contribution in [1.29, 1.82) is 0 Å². The minimum Gasteiger partial charge on any atom is -0.394 e. The minimum absolute atomic E-state index is 0.114. The van der Waals surface area contributed by atoms with Gasteiger partial charge in [-0.05, 0) is 12.8 Å². The van der Waals surface area contributed by atoms with Crippen LogP contribution in [0.1, 0.15) is 51.9 Å². The van der Waals surface area contributed by atoms with Gasteiger partial charge in [-0.1, -0.05) is 39.0 Å². The van der Waals surface area contributed by atoms with Crippen molar-refractivity contribution in [2.75, 3.05) is 19.8 Å². The number of nitrogens with two attached hydrogens (primary N) is 4. The summed E-state index contributed by atoms with van der Waals surface area (Å²) in [5.74, 6) is 0. The molecule has 0 aromatic rings. The van der Waals surface area contributed by atoms with Gasteiger partial charge < -0.3 is 77.3 Å². The van der Waals surface area contributed by atoms with Gasteiger partial charge in [0.15, 0.2) is 12.6 Å². The molecule has 2 saturated heterocycles. The van der Waals surface area contributed by atoms with Gasteiger partial charge >= 0.3 is 0 Å². The largest absolute Gasteiger partial charge is 0.394 e. The van der Waals surface area contributed by atoms with Crippen molar-refractivity contribution in [1.82, 2.24) is 0 Å². The molecule has 0 amide bonds. The SMILES string of the molecule is CCCCCCCCO[C@H]1C(N)[C@@H](O)C(OC2[C@@H](O)C(O[C@H]3OC(CN)[C@@H](O)[C@H](O)C3O)C(N)C[C@H]2N)O[C@@H]1CO. The van der Waals surface area contributed by atoms with Crippen LogP contribution in [0.3, 0.4) is 0 Å². The van der Waals surface area contributed by atoms with Crippen LogP contribution in [0, 0.1) is 0 Å². The predicted octanol–water partition coefficient (Wildman–Crippen LogP) is -3.91. The maximum absolute atomic E-state index is 11.2. The highest BCUT2D eigenvalue weighted by Crippen LogP contribution is 2.31. The highest BCUT2D eigenvalue weighted by molar-refractivity contribution is 5.01. The summed E-state index contributed by atoms with van der Waals surface area (Å²) in [5, 5.41) is 62.7. The topological polar surface area (TPSA) is 272 Å². The van der Waals surface area contributed by atoms with E-state index in [-0.39, 0.29) is 13.0 Å². The van der Waals surface area contributed by atoms with E-state index in [1.165, 1.54) is 12.8 Å². The normalized spacial score (nSPS) is 45.6. The highest BCUT2D eigenvalue weighted by atomic mass is 16.7. The Hall–Kier alpha value is -0.600. The van der Waals surface area contributed by atoms with Crippen LogP contribution in [0.5, 0.6) is 0 Å². The molecule has 3 aliphatic rings. The maximum Gasteiger partial charge on any atom is 0.187 e. The van der Waals surface area contributed by atoms with Crippen molar-refractivity contribution >= 4 is 0 Å². The Kier molecular flexibility index (Phi) is 14.0. The highest BCUT2D eigenvalue weighted by Gasteiger charge is 2.51. The Morgan fingerprint density at radius 1 is 0.683 bits per heavy atom. The molecule has 242 valence electrons. The van der Waals surface area contributed by atoms with Gasteiger partial charge in [-0.2, -0.15) is 0 Å². The number of aliphatic hydroxyl groups is 6. The quantitative estimate of drug-likeness (QED) is 0.0858. The third kappa shape index (κ3) is 8.53. The van der Waals surface area contributed by atoms with E-state index in [4.69, 9.17) is 46.6 Å². The second-order valence-electron chi connectivity index (χ2n) is 11.4. The molecular formula is C26H52N4O11. The molecule has 1 aliphatic carbocycles. The van der Waals surface area contributed by atoms with Gasteiger partial charge in [-0.15, -0.1) is 0 Å². The van der Waals surface area contributed by atoms with Gasteiger partial charge in [-0.25, -0.2) is 0 Å². The lowest BCUT2D eigenvalue weighted by Crippen LogP contribution is -2.68. The summed E-state index contributed by atoms with van der Waals surface area (Å²) in [5.41, 5.74) is 24.3. The Bertz CT molecular complexity index is 756. The minimum atomic E-state index is -1.65. The van der Waals surface area contributed by atoms with Gasteiger partial charge in [0.05, 0.1) is 12.6 Å². The van der Waals surface area contributed by atoms with Crippen LogP contribution in [-0.2, 0) is 23.7 Å². The third-order valence-electron chi connectivity index (χ3n) is 8.26. The van der Waals surface area contributed by atoms with Crippen LogP contribution >= 0.6 is 0 Å². The molecule has 15 heteroatoms. The lowest BCUT2D eigenvalue weighted by atomic mass is 9.84. The number of hydrogen-bond donors (Lipinski definition) is 10. The van der Waals surface area contributed by atoms with Crippen molar-refractivity contribution < 1.29 is 54.3 Å². The molecule has 41 heavy (non-hydrogen) atoms. The van der Waals surface area contributed by atoms with Crippen molar-refractivity contribution in [2.24, 2.45) is 22.9 Å². The van der Waals surface area contributed by atoms with Gasteiger partial charge in [0.1, 0.15) is 61.0 Å². The molecule has 15 nitrogen and oxygen atoms in total. The predicted molar refractivity (Wildman–Crippen MR) is 145 cm³/mol. The number of unbranched alkanes of at least 4 members (excludes halogenated alkanes) is 5. The van der Waals surface area contributed by atoms with Gasteiger partial charge in [-0.3, -0.25) is 0 Å². The Morgan fingerprint density at radius 3 is 1.83 bits per heavy atom. The van der Waals surface area contributed by atoms with Crippen LogP contribution in [0.2, 0.25) is 0 Å². The summed E-state index contributed by atoms with van der Waals surface area (Å²) >= 11 is 0. The van der Waals surface area contributed by atoms with Crippen molar-refractivity contribution in [3.63, 3.8) is 0 Å². The molecule has 3 rings (SSSR count). The van der Waals surface area contributed by atoms with E-state index < -0.39 is 98.4 Å². The molecule has 0 radical (unpaired) electrons. The summed E-state index contributed by atoms with van der Waals surface area (Å²) in [6.45, 7) is 1.96. The Morgan fingerprint density at radius 2 is 1.24 bits per heavy atom. The first-order valence-electron chi connectivity index (χ1n) is 14.8. The molecule has 3 fully saturated rings. The van der Waals surface area contributed by atoms with E-state index in [0.29, 0.717) is 6.61 Å². The third-order valence-corrected chi connectivity index (χ3v) is 8.26. The van der Waals surface area contributed by atoms with E-state index in [1.807, 2.05) is 0 Å². The second kappa shape index (κ2) is 16.5. The smallest absolute Gasteiger partial charge is 0.187 e. The molecule has 0 aromatic carbocycles. The van der Waals surface area contributed by atoms with Crippen LogP contribution in [0.4, 0.5) is 0 Å². The summed E-state index contributed by atoms with van der Waals surface area (Å²) in [6, 6.07) is -2.58. The number of ether oxygens (including phenoxy) is 5. The van der Waals surface area contributed by atoms with Crippen LogP contribution in [0.15, 0.2) is 0 Å². The molecule has 7 unspecified atom stereocenters. The zero-order valence-corrected chi connectivity index (χ0v) is 23.8. The molecule has 0 bridgehead atoms. The first-order chi connectivity index (χ1) is 19.5. The maximum atomic E-state index is 11.2. The molecule has 2 aliphatic heterocycles. The van der Waals surface area contributed by atoms with Crippen molar-refractivity contribution in [3.8, 4) is 0 Å². The van der Waals surface area contributed by atoms with Crippen LogP contribution in [0.25, 0.3) is 0 Å². The monoisotopic (exact) mass is 596 g/mol. The molecule has 1 saturated carbocycles. The number of aliphatic hydroxyl groups excluding tert-OH is 6.